The van der Waals surface area contributed by atoms with Gasteiger partial charge in [-0.3, -0.25) is 14.5 Å². The molecule has 110 valence electrons. The van der Waals surface area contributed by atoms with Crippen LogP contribution in [0.15, 0.2) is 30.0 Å². The zero-order valence-corrected chi connectivity index (χ0v) is 11.3. The Morgan fingerprint density at radius 1 is 1.33 bits per heavy atom. The van der Waals surface area contributed by atoms with E-state index in [1.165, 1.54) is 18.2 Å². The molecule has 1 aromatic rings. The van der Waals surface area contributed by atoms with Gasteiger partial charge in [0.1, 0.15) is 11.5 Å². The number of benzene rings is 1. The van der Waals surface area contributed by atoms with Crippen LogP contribution >= 0.6 is 0 Å². The Bertz CT molecular complexity index is 638. The molecular formula is C15H15FN2O3. The number of nitrogens with one attached hydrogen (secondary N) is 1. The highest BCUT2D eigenvalue weighted by atomic mass is 19.1. The van der Waals surface area contributed by atoms with Crippen LogP contribution in [-0.4, -0.2) is 35.0 Å². The summed E-state index contributed by atoms with van der Waals surface area (Å²) in [5.41, 5.74) is 1.36. The van der Waals surface area contributed by atoms with E-state index in [0.717, 1.165) is 17.7 Å². The van der Waals surface area contributed by atoms with E-state index in [2.05, 4.69) is 5.32 Å². The SMILES string of the molecule is O=C1C=C(Nc2ccc(F)c(C3CC3)c2)C(=O)N1CCO. The maximum absolute atomic E-state index is 13.7. The Morgan fingerprint density at radius 3 is 2.76 bits per heavy atom. The third-order valence-corrected chi connectivity index (χ3v) is 3.63. The lowest BCUT2D eigenvalue weighted by Crippen LogP contribution is -2.34. The normalized spacial score (nSPS) is 18.2. The molecule has 0 saturated heterocycles. The summed E-state index contributed by atoms with van der Waals surface area (Å²) in [4.78, 5) is 24.6. The molecule has 1 heterocycles. The second-order valence-corrected chi connectivity index (χ2v) is 5.21. The van der Waals surface area contributed by atoms with Gasteiger partial charge in [-0.15, -0.1) is 0 Å². The van der Waals surface area contributed by atoms with Gasteiger partial charge in [-0.1, -0.05) is 0 Å². The third kappa shape index (κ3) is 2.67. The van der Waals surface area contributed by atoms with Gasteiger partial charge in [0, 0.05) is 11.8 Å². The molecule has 0 atom stereocenters. The van der Waals surface area contributed by atoms with Crippen LogP contribution in [0.2, 0.25) is 0 Å². The number of halogens is 1. The van der Waals surface area contributed by atoms with Crippen molar-refractivity contribution in [2.45, 2.75) is 18.8 Å². The first-order valence-electron chi connectivity index (χ1n) is 6.85. The first-order chi connectivity index (χ1) is 10.1. The molecule has 1 fully saturated rings. The Labute approximate surface area is 121 Å². The first-order valence-corrected chi connectivity index (χ1v) is 6.85. The maximum Gasteiger partial charge on any atom is 0.277 e. The largest absolute Gasteiger partial charge is 0.395 e. The number of hydrogen-bond donors (Lipinski definition) is 2. The molecule has 5 nitrogen and oxygen atoms in total. The number of anilines is 1. The van der Waals surface area contributed by atoms with Crippen LogP contribution < -0.4 is 5.32 Å². The van der Waals surface area contributed by atoms with Gasteiger partial charge in [0.25, 0.3) is 11.8 Å². The van der Waals surface area contributed by atoms with Gasteiger partial charge in [-0.25, -0.2) is 4.39 Å². The van der Waals surface area contributed by atoms with Crippen LogP contribution in [0.3, 0.4) is 0 Å². The predicted octanol–water partition coefficient (Wildman–Crippen LogP) is 1.36. The van der Waals surface area contributed by atoms with Crippen molar-refractivity contribution < 1.29 is 19.1 Å². The quantitative estimate of drug-likeness (QED) is 0.803. The summed E-state index contributed by atoms with van der Waals surface area (Å²) in [6.07, 6.45) is 3.15. The number of carbonyl (C=O) groups excluding carboxylic acids is 2. The lowest BCUT2D eigenvalue weighted by molar-refractivity contribution is -0.137. The van der Waals surface area contributed by atoms with Crippen molar-refractivity contribution in [3.8, 4) is 0 Å². The summed E-state index contributed by atoms with van der Waals surface area (Å²) in [5.74, 6) is -0.923. The fourth-order valence-electron chi connectivity index (χ4n) is 2.39. The minimum absolute atomic E-state index is 0.0317. The molecule has 1 aliphatic carbocycles. The molecule has 2 amide bonds. The van der Waals surface area contributed by atoms with E-state index in [0.29, 0.717) is 11.3 Å². The van der Waals surface area contributed by atoms with Crippen LogP contribution in [0.5, 0.6) is 0 Å². The van der Waals surface area contributed by atoms with Crippen molar-refractivity contribution in [2.75, 3.05) is 18.5 Å². The minimum atomic E-state index is -0.480. The second-order valence-electron chi connectivity index (χ2n) is 5.21. The van der Waals surface area contributed by atoms with Gasteiger partial charge in [0.15, 0.2) is 0 Å². The van der Waals surface area contributed by atoms with E-state index in [9.17, 15) is 14.0 Å². The predicted molar refractivity (Wildman–Crippen MR) is 73.9 cm³/mol. The van der Waals surface area contributed by atoms with Crippen LogP contribution in [-0.2, 0) is 9.59 Å². The summed E-state index contributed by atoms with van der Waals surface area (Å²) in [7, 11) is 0. The van der Waals surface area contributed by atoms with Crippen molar-refractivity contribution in [3.05, 3.63) is 41.4 Å². The van der Waals surface area contributed by atoms with E-state index in [1.807, 2.05) is 0 Å². The third-order valence-electron chi connectivity index (χ3n) is 3.63. The monoisotopic (exact) mass is 290 g/mol. The highest BCUT2D eigenvalue weighted by molar-refractivity contribution is 6.17. The van der Waals surface area contributed by atoms with Crippen molar-refractivity contribution in [1.82, 2.24) is 4.90 Å². The average Bonchev–Trinajstić information content (AvgIpc) is 3.26. The minimum Gasteiger partial charge on any atom is -0.395 e. The number of hydrogen-bond acceptors (Lipinski definition) is 4. The second kappa shape index (κ2) is 5.29. The number of β-amino-alcohol motifs (C(OH)–C–C–N with tert-alkyl or cyclic N) is 1. The zero-order chi connectivity index (χ0) is 15.0. The van der Waals surface area contributed by atoms with E-state index >= 15 is 0 Å². The molecule has 2 aliphatic rings. The van der Waals surface area contributed by atoms with Crippen molar-refractivity contribution in [1.29, 1.82) is 0 Å². The Morgan fingerprint density at radius 2 is 2.10 bits per heavy atom. The molecule has 0 spiro atoms. The molecule has 0 radical (unpaired) electrons. The summed E-state index contributed by atoms with van der Waals surface area (Å²) < 4.78 is 13.7. The van der Waals surface area contributed by atoms with Gasteiger partial charge in [0.05, 0.1) is 13.2 Å². The van der Waals surface area contributed by atoms with Gasteiger partial charge < -0.3 is 10.4 Å². The molecule has 2 N–H and O–H groups in total. The molecular weight excluding hydrogens is 275 g/mol. The number of rotatable bonds is 5. The molecule has 1 saturated carbocycles. The van der Waals surface area contributed by atoms with Gasteiger partial charge in [-0.05, 0) is 42.5 Å². The number of carbonyl (C=O) groups is 2. The smallest absolute Gasteiger partial charge is 0.277 e. The van der Waals surface area contributed by atoms with Crippen molar-refractivity contribution in [2.24, 2.45) is 0 Å². The molecule has 3 rings (SSSR count). The molecule has 0 bridgehead atoms. The lowest BCUT2D eigenvalue weighted by atomic mass is 10.1. The van der Waals surface area contributed by atoms with E-state index in [1.54, 1.807) is 6.07 Å². The molecule has 6 heteroatoms. The highest BCUT2D eigenvalue weighted by Gasteiger charge is 2.31. The lowest BCUT2D eigenvalue weighted by Gasteiger charge is -2.14. The summed E-state index contributed by atoms with van der Waals surface area (Å²) in [6.45, 7) is -0.308. The van der Waals surface area contributed by atoms with Crippen LogP contribution in [0, 0.1) is 5.82 Å². The van der Waals surface area contributed by atoms with Crippen molar-refractivity contribution in [3.63, 3.8) is 0 Å². The fourth-order valence-corrected chi connectivity index (χ4v) is 2.39. The molecule has 1 aliphatic heterocycles. The van der Waals surface area contributed by atoms with Crippen LogP contribution in [0.25, 0.3) is 0 Å². The zero-order valence-electron chi connectivity index (χ0n) is 11.3. The fraction of sp³-hybridized carbons (Fsp3) is 0.333. The highest BCUT2D eigenvalue weighted by Crippen LogP contribution is 2.42. The first kappa shape index (κ1) is 13.8. The van der Waals surface area contributed by atoms with E-state index < -0.39 is 11.8 Å². The average molecular weight is 290 g/mol. The van der Waals surface area contributed by atoms with Gasteiger partial charge in [-0.2, -0.15) is 0 Å². The van der Waals surface area contributed by atoms with Crippen LogP contribution in [0.1, 0.15) is 24.3 Å². The number of imide groups is 1. The summed E-state index contributed by atoms with van der Waals surface area (Å²) in [6, 6.07) is 4.58. The molecule has 21 heavy (non-hydrogen) atoms. The molecule has 0 unspecified atom stereocenters. The van der Waals surface area contributed by atoms with E-state index in [-0.39, 0.29) is 30.6 Å². The number of amides is 2. The number of aliphatic hydroxyl groups excluding tert-OH is 1. The summed E-state index contributed by atoms with van der Waals surface area (Å²) in [5, 5.41) is 11.7. The van der Waals surface area contributed by atoms with Crippen molar-refractivity contribution >= 4 is 17.5 Å². The van der Waals surface area contributed by atoms with Gasteiger partial charge >= 0.3 is 0 Å². The number of aliphatic hydroxyl groups is 1. The Hall–Kier alpha value is -2.21. The Kier molecular flexibility index (Phi) is 3.47. The maximum atomic E-state index is 13.7. The van der Waals surface area contributed by atoms with Gasteiger partial charge in [0.2, 0.25) is 0 Å². The molecule has 0 aromatic heterocycles. The Balaban J connectivity index is 1.78. The van der Waals surface area contributed by atoms with Crippen LogP contribution in [0.4, 0.5) is 10.1 Å². The standard InChI is InChI=1S/C15H15FN2O3/c16-12-4-3-10(7-11(12)9-1-2-9)17-13-8-14(20)18(5-6-19)15(13)21/h3-4,7-9,17,19H,1-2,5-6H2. The summed E-state index contributed by atoms with van der Waals surface area (Å²) >= 11 is 0. The van der Waals surface area contributed by atoms with E-state index in [4.69, 9.17) is 5.11 Å². The molecule has 1 aromatic carbocycles. The topological polar surface area (TPSA) is 69.6 Å². The number of nitrogens with zero attached hydrogens (tertiary/aromatic N) is 1.